The maximum Gasteiger partial charge on any atom is 0.328 e. The summed E-state index contributed by atoms with van der Waals surface area (Å²) in [6.07, 6.45) is 1.67. The number of fused-ring (bicyclic) bond motifs is 1. The molecule has 0 saturated carbocycles. The lowest BCUT2D eigenvalue weighted by Gasteiger charge is -2.06. The molecule has 0 aliphatic heterocycles. The number of H-pyrrole nitrogens is 1. The van der Waals surface area contributed by atoms with Gasteiger partial charge in [-0.15, -0.1) is 0 Å². The number of halogens is 1. The molecule has 0 amide bonds. The first kappa shape index (κ1) is 18.4. The minimum Gasteiger partial charge on any atom is -0.334 e. The minimum absolute atomic E-state index is 0.292. The predicted octanol–water partition coefficient (Wildman–Crippen LogP) is 3.97. The summed E-state index contributed by atoms with van der Waals surface area (Å²) in [5, 5.41) is 4.47. The average molecular weight is 441 g/mol. The van der Waals surface area contributed by atoms with Gasteiger partial charge in [0.15, 0.2) is 0 Å². The van der Waals surface area contributed by atoms with Crippen molar-refractivity contribution in [2.45, 2.75) is 26.3 Å². The summed E-state index contributed by atoms with van der Waals surface area (Å²) in [6, 6.07) is 12.7. The summed E-state index contributed by atoms with van der Waals surface area (Å²) in [6.45, 7) is 2.42. The van der Waals surface area contributed by atoms with Crippen LogP contribution in [0.4, 0.5) is 0 Å². The van der Waals surface area contributed by atoms with Crippen molar-refractivity contribution in [1.82, 2.24) is 19.7 Å². The fraction of sp³-hybridized carbons (Fsp3) is 0.200. The van der Waals surface area contributed by atoms with Gasteiger partial charge in [0, 0.05) is 22.1 Å². The van der Waals surface area contributed by atoms with Crippen molar-refractivity contribution < 1.29 is 4.52 Å². The molecule has 0 atom stereocenters. The van der Waals surface area contributed by atoms with Gasteiger partial charge in [0.1, 0.15) is 0 Å². The van der Waals surface area contributed by atoms with Gasteiger partial charge in [-0.2, -0.15) is 4.98 Å². The molecule has 7 nitrogen and oxygen atoms in total. The lowest BCUT2D eigenvalue weighted by molar-refractivity contribution is 0.432. The van der Waals surface area contributed by atoms with Crippen LogP contribution in [0.5, 0.6) is 0 Å². The SMILES string of the molecule is CCCCn1c(=O)[nH]c2cc(-c3nc(-c4ccc(Br)cc4)no3)ccc2c1=O. The number of benzene rings is 2. The fourth-order valence-corrected chi connectivity index (χ4v) is 3.23. The molecule has 0 unspecified atom stereocenters. The molecule has 1 N–H and O–H groups in total. The van der Waals surface area contributed by atoms with Crippen LogP contribution in [0.1, 0.15) is 19.8 Å². The molecule has 8 heteroatoms. The van der Waals surface area contributed by atoms with Gasteiger partial charge < -0.3 is 9.51 Å². The third-order valence-corrected chi connectivity index (χ3v) is 5.02. The highest BCUT2D eigenvalue weighted by molar-refractivity contribution is 9.10. The summed E-state index contributed by atoms with van der Waals surface area (Å²) >= 11 is 3.39. The van der Waals surface area contributed by atoms with E-state index in [9.17, 15) is 9.59 Å². The highest BCUT2D eigenvalue weighted by atomic mass is 79.9. The van der Waals surface area contributed by atoms with Gasteiger partial charge in [0.2, 0.25) is 5.82 Å². The summed E-state index contributed by atoms with van der Waals surface area (Å²) in [7, 11) is 0. The zero-order valence-corrected chi connectivity index (χ0v) is 16.7. The third-order valence-electron chi connectivity index (χ3n) is 4.49. The Labute approximate surface area is 168 Å². The Balaban J connectivity index is 1.73. The molecule has 0 bridgehead atoms. The van der Waals surface area contributed by atoms with Crippen LogP contribution in [0, 0.1) is 0 Å². The van der Waals surface area contributed by atoms with Crippen LogP contribution in [0.2, 0.25) is 0 Å². The standard InChI is InChI=1S/C20H17BrN4O3/c1-2-3-10-25-19(26)15-9-6-13(11-16(15)22-20(25)27)18-23-17(24-28-18)12-4-7-14(21)8-5-12/h4-9,11H,2-3,10H2,1H3,(H,22,27). The lowest BCUT2D eigenvalue weighted by Crippen LogP contribution is -2.35. The molecule has 0 fully saturated rings. The molecule has 2 aromatic carbocycles. The second-order valence-electron chi connectivity index (χ2n) is 6.43. The number of hydrogen-bond donors (Lipinski definition) is 1. The first-order valence-corrected chi connectivity index (χ1v) is 9.73. The molecule has 0 aliphatic rings. The van der Waals surface area contributed by atoms with Gasteiger partial charge >= 0.3 is 5.69 Å². The van der Waals surface area contributed by atoms with E-state index in [1.807, 2.05) is 31.2 Å². The van der Waals surface area contributed by atoms with E-state index in [1.165, 1.54) is 4.57 Å². The largest absolute Gasteiger partial charge is 0.334 e. The van der Waals surface area contributed by atoms with Crippen LogP contribution in [-0.2, 0) is 6.54 Å². The molecule has 142 valence electrons. The Morgan fingerprint density at radius 2 is 1.86 bits per heavy atom. The van der Waals surface area contributed by atoms with Crippen LogP contribution in [0.15, 0.2) is 61.0 Å². The van der Waals surface area contributed by atoms with E-state index in [1.54, 1.807) is 18.2 Å². The zero-order valence-electron chi connectivity index (χ0n) is 15.1. The number of aromatic nitrogens is 4. The van der Waals surface area contributed by atoms with E-state index < -0.39 is 5.69 Å². The second kappa shape index (κ2) is 7.55. The fourth-order valence-electron chi connectivity index (χ4n) is 2.96. The molecule has 0 spiro atoms. The van der Waals surface area contributed by atoms with E-state index in [0.717, 1.165) is 22.9 Å². The van der Waals surface area contributed by atoms with Crippen molar-refractivity contribution >= 4 is 26.8 Å². The van der Waals surface area contributed by atoms with Gasteiger partial charge in [-0.05, 0) is 48.9 Å². The highest BCUT2D eigenvalue weighted by Gasteiger charge is 2.13. The number of hydrogen-bond acceptors (Lipinski definition) is 5. The van der Waals surface area contributed by atoms with Crippen molar-refractivity contribution in [3.63, 3.8) is 0 Å². The molecule has 2 heterocycles. The molecule has 4 aromatic rings. The number of rotatable bonds is 5. The molecule has 28 heavy (non-hydrogen) atoms. The lowest BCUT2D eigenvalue weighted by atomic mass is 10.1. The first-order valence-electron chi connectivity index (χ1n) is 8.93. The van der Waals surface area contributed by atoms with Gasteiger partial charge in [-0.25, -0.2) is 4.79 Å². The van der Waals surface area contributed by atoms with E-state index >= 15 is 0 Å². The molecule has 4 rings (SSSR count). The van der Waals surface area contributed by atoms with Gasteiger partial charge in [-0.3, -0.25) is 9.36 Å². The highest BCUT2D eigenvalue weighted by Crippen LogP contribution is 2.24. The van der Waals surface area contributed by atoms with Crippen LogP contribution in [-0.4, -0.2) is 19.7 Å². The third kappa shape index (κ3) is 3.43. The number of nitrogens with one attached hydrogen (secondary N) is 1. The molecular formula is C20H17BrN4O3. The van der Waals surface area contributed by atoms with Gasteiger partial charge in [-0.1, -0.05) is 34.4 Å². The van der Waals surface area contributed by atoms with Crippen LogP contribution in [0.3, 0.4) is 0 Å². The quantitative estimate of drug-likeness (QED) is 0.506. The van der Waals surface area contributed by atoms with E-state index in [4.69, 9.17) is 4.52 Å². The molecule has 0 radical (unpaired) electrons. The van der Waals surface area contributed by atoms with Crippen molar-refractivity contribution in [3.8, 4) is 22.8 Å². The Bertz CT molecular complexity index is 1260. The normalized spacial score (nSPS) is 11.2. The summed E-state index contributed by atoms with van der Waals surface area (Å²) in [4.78, 5) is 32.1. The van der Waals surface area contributed by atoms with Crippen LogP contribution >= 0.6 is 15.9 Å². The molecule has 0 saturated heterocycles. The van der Waals surface area contributed by atoms with Crippen molar-refractivity contribution in [2.75, 3.05) is 0 Å². The monoisotopic (exact) mass is 440 g/mol. The minimum atomic E-state index is -0.413. The van der Waals surface area contributed by atoms with Crippen LogP contribution in [0.25, 0.3) is 33.7 Å². The van der Waals surface area contributed by atoms with E-state index in [2.05, 4.69) is 31.1 Å². The second-order valence-corrected chi connectivity index (χ2v) is 7.35. The summed E-state index contributed by atoms with van der Waals surface area (Å²) < 4.78 is 7.57. The number of nitrogens with zero attached hydrogens (tertiary/aromatic N) is 3. The summed E-state index contributed by atoms with van der Waals surface area (Å²) in [5.41, 5.74) is 1.20. The number of unbranched alkanes of at least 4 members (excludes halogenated alkanes) is 1. The van der Waals surface area contributed by atoms with Gasteiger partial charge in [0.05, 0.1) is 10.9 Å². The van der Waals surface area contributed by atoms with E-state index in [-0.39, 0.29) is 5.56 Å². The van der Waals surface area contributed by atoms with Crippen LogP contribution < -0.4 is 11.2 Å². The first-order chi connectivity index (χ1) is 13.6. The molecule has 0 aliphatic carbocycles. The van der Waals surface area contributed by atoms with Crippen molar-refractivity contribution in [2.24, 2.45) is 0 Å². The molecule has 2 aromatic heterocycles. The Morgan fingerprint density at radius 1 is 1.11 bits per heavy atom. The average Bonchev–Trinajstić information content (AvgIpc) is 3.18. The van der Waals surface area contributed by atoms with Gasteiger partial charge in [0.25, 0.3) is 11.4 Å². The van der Waals surface area contributed by atoms with Crippen molar-refractivity contribution in [1.29, 1.82) is 0 Å². The number of aromatic amines is 1. The Kier molecular flexibility index (Phi) is 4.95. The summed E-state index contributed by atoms with van der Waals surface area (Å²) in [5.74, 6) is 0.780. The zero-order chi connectivity index (χ0) is 19.7. The Morgan fingerprint density at radius 3 is 2.61 bits per heavy atom. The smallest absolute Gasteiger partial charge is 0.328 e. The maximum atomic E-state index is 12.6. The van der Waals surface area contributed by atoms with E-state index in [0.29, 0.717) is 34.7 Å². The maximum absolute atomic E-state index is 12.6. The van der Waals surface area contributed by atoms with Crippen molar-refractivity contribution in [3.05, 3.63) is 67.8 Å². The predicted molar refractivity (Wildman–Crippen MR) is 110 cm³/mol. The molecular weight excluding hydrogens is 424 g/mol. The Hall–Kier alpha value is -3.00. The topological polar surface area (TPSA) is 93.8 Å².